The Morgan fingerprint density at radius 3 is 2.56 bits per heavy atom. The third-order valence-corrected chi connectivity index (χ3v) is 5.74. The van der Waals surface area contributed by atoms with Crippen LogP contribution < -0.4 is 4.90 Å². The van der Waals surface area contributed by atoms with E-state index in [9.17, 15) is 0 Å². The first-order valence-electron chi connectivity index (χ1n) is 8.26. The van der Waals surface area contributed by atoms with E-state index in [1.54, 1.807) is 0 Å². The Labute approximate surface area is 163 Å². The number of nitrogens with zero attached hydrogens (tertiary/aromatic N) is 2. The molecule has 2 aromatic rings. The maximum atomic E-state index is 6.55. The van der Waals surface area contributed by atoms with Crippen molar-refractivity contribution in [3.8, 4) is 0 Å². The van der Waals surface area contributed by atoms with Gasteiger partial charge in [0, 0.05) is 34.5 Å². The Bertz CT molecular complexity index is 897. The average molecular weight is 418 g/mol. The summed E-state index contributed by atoms with van der Waals surface area (Å²) < 4.78 is 0.982. The maximum absolute atomic E-state index is 6.55. The molecule has 1 heterocycles. The zero-order valence-corrected chi connectivity index (χ0v) is 17.5. The first-order valence-corrected chi connectivity index (χ1v) is 9.43. The smallest absolute Gasteiger partial charge is 0.0772 e. The lowest BCUT2D eigenvalue weighted by molar-refractivity contribution is 0.598. The maximum Gasteiger partial charge on any atom is 0.0772 e. The molecule has 0 bridgehead atoms. The summed E-state index contributed by atoms with van der Waals surface area (Å²) in [6.07, 6.45) is 4.13. The molecule has 1 aliphatic heterocycles. The summed E-state index contributed by atoms with van der Waals surface area (Å²) in [7, 11) is 2.11. The molecule has 130 valence electrons. The number of anilines is 1. The monoisotopic (exact) mass is 416 g/mol. The van der Waals surface area contributed by atoms with Crippen LogP contribution in [0.5, 0.6) is 0 Å². The highest BCUT2D eigenvalue weighted by Crippen LogP contribution is 2.40. The topological polar surface area (TPSA) is 15.6 Å². The molecule has 0 spiro atoms. The first kappa shape index (κ1) is 18.2. The molecule has 2 nitrogen and oxygen atoms in total. The number of halogens is 2. The summed E-state index contributed by atoms with van der Waals surface area (Å²) in [4.78, 5) is 6.87. The number of aryl methyl sites for hydroxylation is 1. The van der Waals surface area contributed by atoms with Crippen molar-refractivity contribution in [3.05, 3.63) is 62.6 Å². The largest absolute Gasteiger partial charge is 0.365 e. The number of likely N-dealkylation sites (N-methyl/N-ethyl adjacent to an activating group) is 1. The number of hydrogen-bond donors (Lipinski definition) is 0. The minimum atomic E-state index is -0.0250. The van der Waals surface area contributed by atoms with Gasteiger partial charge in [-0.1, -0.05) is 23.7 Å². The van der Waals surface area contributed by atoms with Crippen LogP contribution in [0.4, 0.5) is 11.4 Å². The molecule has 0 aromatic heterocycles. The predicted octanol–water partition coefficient (Wildman–Crippen LogP) is 6.79. The van der Waals surface area contributed by atoms with Crippen molar-refractivity contribution < 1.29 is 0 Å². The average Bonchev–Trinajstić information content (AvgIpc) is 2.52. The van der Waals surface area contributed by atoms with E-state index >= 15 is 0 Å². The first-order chi connectivity index (χ1) is 11.7. The van der Waals surface area contributed by atoms with Crippen molar-refractivity contribution in [2.75, 3.05) is 11.9 Å². The lowest BCUT2D eigenvalue weighted by atomic mass is 9.88. The fourth-order valence-corrected chi connectivity index (χ4v) is 3.94. The van der Waals surface area contributed by atoms with E-state index in [4.69, 9.17) is 11.6 Å². The second kappa shape index (κ2) is 6.62. The van der Waals surface area contributed by atoms with E-state index in [0.717, 1.165) is 21.4 Å². The zero-order valence-electron chi connectivity index (χ0n) is 15.2. The number of benzene rings is 2. The van der Waals surface area contributed by atoms with Crippen molar-refractivity contribution in [1.29, 1.82) is 0 Å². The molecular weight excluding hydrogens is 396 g/mol. The molecule has 0 amide bonds. The third kappa shape index (κ3) is 3.54. The van der Waals surface area contributed by atoms with Gasteiger partial charge in [0.15, 0.2) is 0 Å². The van der Waals surface area contributed by atoms with Crippen LogP contribution >= 0.6 is 27.5 Å². The molecule has 0 atom stereocenters. The van der Waals surface area contributed by atoms with E-state index in [2.05, 4.69) is 84.8 Å². The van der Waals surface area contributed by atoms with Gasteiger partial charge in [0.25, 0.3) is 0 Å². The van der Waals surface area contributed by atoms with Gasteiger partial charge in [-0.05, 0) is 79.0 Å². The van der Waals surface area contributed by atoms with Crippen LogP contribution in [0.1, 0.15) is 37.5 Å². The second-order valence-electron chi connectivity index (χ2n) is 7.14. The van der Waals surface area contributed by atoms with Crippen molar-refractivity contribution >= 4 is 50.7 Å². The van der Waals surface area contributed by atoms with Gasteiger partial charge in [-0.3, -0.25) is 4.99 Å². The van der Waals surface area contributed by atoms with E-state index < -0.39 is 0 Å². The van der Waals surface area contributed by atoms with Gasteiger partial charge < -0.3 is 4.90 Å². The Kier molecular flexibility index (Phi) is 4.82. The lowest BCUT2D eigenvalue weighted by Gasteiger charge is -2.40. The van der Waals surface area contributed by atoms with Crippen LogP contribution in [0.25, 0.3) is 5.57 Å². The fraction of sp³-hybridized carbons (Fsp3) is 0.286. The number of hydrogen-bond acceptors (Lipinski definition) is 2. The number of aliphatic imine (C=N–C) groups is 1. The molecule has 0 aliphatic carbocycles. The molecule has 0 saturated heterocycles. The van der Waals surface area contributed by atoms with Gasteiger partial charge in [0.2, 0.25) is 0 Å². The van der Waals surface area contributed by atoms with Crippen molar-refractivity contribution in [2.45, 2.75) is 33.2 Å². The molecule has 3 rings (SSSR count). The molecule has 1 aliphatic rings. The van der Waals surface area contributed by atoms with Gasteiger partial charge in [-0.2, -0.15) is 0 Å². The highest BCUT2D eigenvalue weighted by molar-refractivity contribution is 9.10. The fourth-order valence-electron chi connectivity index (χ4n) is 3.14. The number of fused-ring (bicyclic) bond motifs is 1. The van der Waals surface area contributed by atoms with E-state index in [-0.39, 0.29) is 5.54 Å². The van der Waals surface area contributed by atoms with Crippen LogP contribution in [0.3, 0.4) is 0 Å². The summed E-state index contributed by atoms with van der Waals surface area (Å²) in [6, 6.07) is 10.3. The molecule has 0 fully saturated rings. The summed E-state index contributed by atoms with van der Waals surface area (Å²) in [5.74, 6) is 0. The van der Waals surface area contributed by atoms with Crippen molar-refractivity contribution in [2.24, 2.45) is 4.99 Å². The van der Waals surface area contributed by atoms with Crippen LogP contribution in [0.2, 0.25) is 5.02 Å². The lowest BCUT2D eigenvalue weighted by Crippen LogP contribution is -2.42. The van der Waals surface area contributed by atoms with E-state index in [0.29, 0.717) is 5.02 Å². The van der Waals surface area contributed by atoms with E-state index in [1.807, 2.05) is 18.3 Å². The highest BCUT2D eigenvalue weighted by Gasteiger charge is 2.29. The summed E-state index contributed by atoms with van der Waals surface area (Å²) in [5, 5.41) is 0.711. The Balaban J connectivity index is 2.02. The Morgan fingerprint density at radius 2 is 1.88 bits per heavy atom. The van der Waals surface area contributed by atoms with Crippen molar-refractivity contribution in [3.63, 3.8) is 0 Å². The van der Waals surface area contributed by atoms with Crippen LogP contribution in [0.15, 0.2) is 45.9 Å². The quantitative estimate of drug-likeness (QED) is 0.491. The molecule has 25 heavy (non-hydrogen) atoms. The van der Waals surface area contributed by atoms with Gasteiger partial charge in [-0.15, -0.1) is 0 Å². The molecule has 0 radical (unpaired) electrons. The Morgan fingerprint density at radius 1 is 1.16 bits per heavy atom. The van der Waals surface area contributed by atoms with Gasteiger partial charge in [0.1, 0.15) is 0 Å². The zero-order chi connectivity index (χ0) is 18.4. The summed E-state index contributed by atoms with van der Waals surface area (Å²) >= 11 is 10.1. The highest BCUT2D eigenvalue weighted by atomic mass is 79.9. The minimum Gasteiger partial charge on any atom is -0.365 e. The predicted molar refractivity (Wildman–Crippen MR) is 114 cm³/mol. The van der Waals surface area contributed by atoms with Crippen LogP contribution in [0, 0.1) is 6.92 Å². The van der Waals surface area contributed by atoms with Gasteiger partial charge in [0.05, 0.1) is 16.2 Å². The number of rotatable bonds is 2. The summed E-state index contributed by atoms with van der Waals surface area (Å²) in [6.45, 7) is 8.62. The third-order valence-electron chi connectivity index (χ3n) is 4.78. The molecule has 0 N–H and O–H groups in total. The standard InChI is InChI=1S/C21H22BrClN2/c1-13-6-7-19(17(22)8-13)24-12-15-9-16-14(2)11-21(3,4)25(5)20(16)10-18(15)23/h6-12H,1-5H3. The summed E-state index contributed by atoms with van der Waals surface area (Å²) in [5.41, 5.74) is 6.62. The van der Waals surface area contributed by atoms with Gasteiger partial charge in [-0.25, -0.2) is 0 Å². The molecule has 0 unspecified atom stereocenters. The SMILES string of the molecule is CC1=CC(C)(C)N(C)c2cc(Cl)c(C=Nc3ccc(C)cc3Br)cc21. The minimum absolute atomic E-state index is 0.0250. The molecule has 2 aromatic carbocycles. The molecule has 0 saturated carbocycles. The molecular formula is C21H22BrClN2. The van der Waals surface area contributed by atoms with E-state index in [1.165, 1.54) is 16.7 Å². The Hall–Kier alpha value is -1.58. The normalized spacial score (nSPS) is 16.1. The van der Waals surface area contributed by atoms with Crippen LogP contribution in [-0.4, -0.2) is 18.8 Å². The van der Waals surface area contributed by atoms with Crippen molar-refractivity contribution in [1.82, 2.24) is 0 Å². The second-order valence-corrected chi connectivity index (χ2v) is 8.41. The van der Waals surface area contributed by atoms with Crippen LogP contribution in [-0.2, 0) is 0 Å². The van der Waals surface area contributed by atoms with Gasteiger partial charge >= 0.3 is 0 Å². The number of allylic oxidation sites excluding steroid dienone is 1. The molecule has 4 heteroatoms.